The molecule has 3 nitrogen and oxygen atoms in total. The topological polar surface area (TPSA) is 53.1 Å². The van der Waals surface area contributed by atoms with Crippen LogP contribution >= 0.6 is 11.3 Å². The first kappa shape index (κ1) is 9.02. The zero-order valence-corrected chi connectivity index (χ0v) is 8.17. The quantitative estimate of drug-likeness (QED) is 0.811. The molecule has 2 N–H and O–H groups in total. The third-order valence-corrected chi connectivity index (χ3v) is 2.87. The molecule has 0 spiro atoms. The van der Waals surface area contributed by atoms with E-state index in [1.807, 2.05) is 17.5 Å². The van der Waals surface area contributed by atoms with Crippen LogP contribution < -0.4 is 0 Å². The third-order valence-electron chi connectivity index (χ3n) is 1.99. The van der Waals surface area contributed by atoms with E-state index >= 15 is 0 Å². The molecule has 0 saturated heterocycles. The maximum atomic E-state index is 10.8. The van der Waals surface area contributed by atoms with Crippen molar-refractivity contribution in [1.29, 1.82) is 0 Å². The lowest BCUT2D eigenvalue weighted by Crippen LogP contribution is -1.99. The average molecular weight is 207 g/mol. The van der Waals surface area contributed by atoms with Crippen LogP contribution in [0, 0.1) is 0 Å². The molecule has 0 atom stereocenters. The Morgan fingerprint density at radius 2 is 2.36 bits per heavy atom. The molecule has 0 unspecified atom stereocenters. The van der Waals surface area contributed by atoms with Gasteiger partial charge in [0.2, 0.25) is 0 Å². The SMILES string of the molecule is O=C(O)c1cc[nH]c1Cc1cccs1. The van der Waals surface area contributed by atoms with Crippen molar-refractivity contribution in [3.63, 3.8) is 0 Å². The second-order valence-corrected chi connectivity index (χ2v) is 3.96. The van der Waals surface area contributed by atoms with Crippen molar-refractivity contribution in [3.8, 4) is 0 Å². The Morgan fingerprint density at radius 3 is 3.00 bits per heavy atom. The summed E-state index contributed by atoms with van der Waals surface area (Å²) in [5, 5.41) is 10.9. The monoisotopic (exact) mass is 207 g/mol. The molecule has 2 aromatic heterocycles. The van der Waals surface area contributed by atoms with Crippen molar-refractivity contribution in [3.05, 3.63) is 45.9 Å². The number of carbonyl (C=O) groups is 1. The van der Waals surface area contributed by atoms with Crippen molar-refractivity contribution < 1.29 is 9.90 Å². The number of carboxylic acids is 1. The second-order valence-electron chi connectivity index (χ2n) is 2.93. The molecule has 2 heterocycles. The van der Waals surface area contributed by atoms with E-state index in [1.165, 1.54) is 0 Å². The smallest absolute Gasteiger partial charge is 0.337 e. The summed E-state index contributed by atoms with van der Waals surface area (Å²) in [7, 11) is 0. The summed E-state index contributed by atoms with van der Waals surface area (Å²) in [5.74, 6) is -0.877. The Kier molecular flexibility index (Phi) is 2.37. The number of aromatic carboxylic acids is 1. The summed E-state index contributed by atoms with van der Waals surface area (Å²) in [5.41, 5.74) is 1.12. The highest BCUT2D eigenvalue weighted by Gasteiger charge is 2.11. The fourth-order valence-electron chi connectivity index (χ4n) is 1.34. The Labute approximate surface area is 85.0 Å². The second kappa shape index (κ2) is 3.67. The molecule has 0 amide bonds. The van der Waals surface area contributed by atoms with Gasteiger partial charge >= 0.3 is 5.97 Å². The Morgan fingerprint density at radius 1 is 1.50 bits per heavy atom. The molecule has 14 heavy (non-hydrogen) atoms. The Bertz CT molecular complexity index is 431. The number of aromatic amines is 1. The molecule has 2 rings (SSSR count). The minimum atomic E-state index is -0.877. The number of hydrogen-bond donors (Lipinski definition) is 2. The van der Waals surface area contributed by atoms with Gasteiger partial charge in [-0.3, -0.25) is 0 Å². The molecule has 0 aliphatic rings. The van der Waals surface area contributed by atoms with Gasteiger partial charge in [-0.15, -0.1) is 11.3 Å². The van der Waals surface area contributed by atoms with Gasteiger partial charge in [-0.2, -0.15) is 0 Å². The number of rotatable bonds is 3. The lowest BCUT2D eigenvalue weighted by atomic mass is 10.2. The van der Waals surface area contributed by atoms with E-state index in [9.17, 15) is 4.79 Å². The van der Waals surface area contributed by atoms with Crippen LogP contribution in [0.25, 0.3) is 0 Å². The predicted octanol–water partition coefficient (Wildman–Crippen LogP) is 2.37. The number of thiophene rings is 1. The molecule has 0 aromatic carbocycles. The van der Waals surface area contributed by atoms with Crippen LogP contribution in [0.15, 0.2) is 29.8 Å². The Balaban J connectivity index is 2.25. The highest BCUT2D eigenvalue weighted by Crippen LogP contribution is 2.16. The minimum Gasteiger partial charge on any atom is -0.478 e. The molecule has 0 aliphatic heterocycles. The molecule has 2 aromatic rings. The van der Waals surface area contributed by atoms with Gasteiger partial charge in [0.05, 0.1) is 5.56 Å². The van der Waals surface area contributed by atoms with Crippen molar-refractivity contribution in [2.45, 2.75) is 6.42 Å². The largest absolute Gasteiger partial charge is 0.478 e. The van der Waals surface area contributed by atoms with Crippen LogP contribution in [0.5, 0.6) is 0 Å². The molecule has 0 radical (unpaired) electrons. The van der Waals surface area contributed by atoms with Crippen molar-refractivity contribution in [2.24, 2.45) is 0 Å². The maximum Gasteiger partial charge on any atom is 0.337 e. The molecule has 0 aliphatic carbocycles. The number of carboxylic acid groups (broad SMARTS) is 1. The van der Waals surface area contributed by atoms with E-state index in [4.69, 9.17) is 5.11 Å². The van der Waals surface area contributed by atoms with Crippen LogP contribution in [-0.4, -0.2) is 16.1 Å². The number of nitrogens with one attached hydrogen (secondary N) is 1. The highest BCUT2D eigenvalue weighted by atomic mass is 32.1. The van der Waals surface area contributed by atoms with Gasteiger partial charge in [0, 0.05) is 23.2 Å². The zero-order valence-electron chi connectivity index (χ0n) is 7.36. The van der Waals surface area contributed by atoms with Crippen molar-refractivity contribution in [1.82, 2.24) is 4.98 Å². The third kappa shape index (κ3) is 1.70. The first-order chi connectivity index (χ1) is 6.77. The summed E-state index contributed by atoms with van der Waals surface area (Å²) in [6.07, 6.45) is 2.32. The molecule has 0 fully saturated rings. The number of H-pyrrole nitrogens is 1. The van der Waals surface area contributed by atoms with Crippen molar-refractivity contribution in [2.75, 3.05) is 0 Å². The van der Waals surface area contributed by atoms with Gasteiger partial charge in [0.25, 0.3) is 0 Å². The van der Waals surface area contributed by atoms with Gasteiger partial charge in [-0.05, 0) is 17.5 Å². The average Bonchev–Trinajstić information content (AvgIpc) is 2.75. The summed E-state index contributed by atoms with van der Waals surface area (Å²) in [4.78, 5) is 14.9. The van der Waals surface area contributed by atoms with Gasteiger partial charge in [0.15, 0.2) is 0 Å². The van der Waals surface area contributed by atoms with Crippen LogP contribution in [0.4, 0.5) is 0 Å². The van der Waals surface area contributed by atoms with Gasteiger partial charge in [0.1, 0.15) is 0 Å². The fraction of sp³-hybridized carbons (Fsp3) is 0.100. The Hall–Kier alpha value is -1.55. The van der Waals surface area contributed by atoms with Gasteiger partial charge in [-0.1, -0.05) is 6.07 Å². The highest BCUT2D eigenvalue weighted by molar-refractivity contribution is 7.09. The fourth-order valence-corrected chi connectivity index (χ4v) is 2.05. The van der Waals surface area contributed by atoms with E-state index in [0.717, 1.165) is 10.6 Å². The van der Waals surface area contributed by atoms with Crippen molar-refractivity contribution >= 4 is 17.3 Å². The molecular weight excluding hydrogens is 198 g/mol. The van der Waals surface area contributed by atoms with E-state index in [-0.39, 0.29) is 0 Å². The molecule has 72 valence electrons. The van der Waals surface area contributed by atoms with Crippen LogP contribution in [0.3, 0.4) is 0 Å². The molecule has 4 heteroatoms. The first-order valence-electron chi connectivity index (χ1n) is 4.19. The van der Waals surface area contributed by atoms with E-state index in [1.54, 1.807) is 23.6 Å². The molecule has 0 saturated carbocycles. The lowest BCUT2D eigenvalue weighted by molar-refractivity contribution is 0.0696. The maximum absolute atomic E-state index is 10.8. The van der Waals surface area contributed by atoms with Crippen LogP contribution in [0.1, 0.15) is 20.9 Å². The molecular formula is C10H9NO2S. The van der Waals surface area contributed by atoms with Gasteiger partial charge < -0.3 is 10.1 Å². The van der Waals surface area contributed by atoms with Crippen LogP contribution in [0.2, 0.25) is 0 Å². The zero-order chi connectivity index (χ0) is 9.97. The van der Waals surface area contributed by atoms with Crippen LogP contribution in [-0.2, 0) is 6.42 Å². The summed E-state index contributed by atoms with van der Waals surface area (Å²) < 4.78 is 0. The predicted molar refractivity (Wildman–Crippen MR) is 54.9 cm³/mol. The summed E-state index contributed by atoms with van der Waals surface area (Å²) >= 11 is 1.63. The summed E-state index contributed by atoms with van der Waals surface area (Å²) in [6.45, 7) is 0. The number of hydrogen-bond acceptors (Lipinski definition) is 2. The number of aromatic nitrogens is 1. The lowest BCUT2D eigenvalue weighted by Gasteiger charge is -1.97. The van der Waals surface area contributed by atoms with E-state index in [2.05, 4.69) is 4.98 Å². The summed E-state index contributed by atoms with van der Waals surface area (Å²) in [6, 6.07) is 5.55. The van der Waals surface area contributed by atoms with E-state index in [0.29, 0.717) is 12.0 Å². The minimum absolute atomic E-state index is 0.360. The normalized spacial score (nSPS) is 10.3. The molecule has 0 bridgehead atoms. The standard InChI is InChI=1S/C10H9NO2S/c12-10(13)8-3-4-11-9(8)6-7-2-1-5-14-7/h1-5,11H,6H2,(H,12,13). The van der Waals surface area contributed by atoms with E-state index < -0.39 is 5.97 Å². The first-order valence-corrected chi connectivity index (χ1v) is 5.07. The van der Waals surface area contributed by atoms with Gasteiger partial charge in [-0.25, -0.2) is 4.79 Å².